The normalized spacial score (nSPS) is 16.5. The van der Waals surface area contributed by atoms with Crippen molar-refractivity contribution in [3.8, 4) is 6.07 Å². The average Bonchev–Trinajstić information content (AvgIpc) is 2.51. The Labute approximate surface area is 145 Å². The Balaban J connectivity index is 2.04. The van der Waals surface area contributed by atoms with Gasteiger partial charge in [0.15, 0.2) is 0 Å². The number of piperidine rings is 1. The lowest BCUT2D eigenvalue weighted by Crippen LogP contribution is -2.55. The third-order valence-electron chi connectivity index (χ3n) is 4.05. The lowest BCUT2D eigenvalue weighted by Gasteiger charge is -2.37. The molecule has 1 saturated heterocycles. The predicted molar refractivity (Wildman–Crippen MR) is 88.1 cm³/mol. The van der Waals surface area contributed by atoms with Gasteiger partial charge in [-0.2, -0.15) is 5.26 Å². The van der Waals surface area contributed by atoms with Crippen LogP contribution in [0.5, 0.6) is 0 Å². The summed E-state index contributed by atoms with van der Waals surface area (Å²) in [6, 6.07) is 7.23. The molecule has 122 valence electrons. The third kappa shape index (κ3) is 4.15. The van der Waals surface area contributed by atoms with Gasteiger partial charge in [-0.1, -0.05) is 29.3 Å². The first-order valence-corrected chi connectivity index (χ1v) is 8.03. The smallest absolute Gasteiger partial charge is 0.225 e. The lowest BCUT2D eigenvalue weighted by atomic mass is 9.88. The van der Waals surface area contributed by atoms with Gasteiger partial charge in [0, 0.05) is 42.9 Å². The number of halogens is 2. The summed E-state index contributed by atoms with van der Waals surface area (Å²) in [5, 5.41) is 13.1. The summed E-state index contributed by atoms with van der Waals surface area (Å²) in [4.78, 5) is 25.3. The summed E-state index contributed by atoms with van der Waals surface area (Å²) in [7, 11) is 0. The van der Waals surface area contributed by atoms with Gasteiger partial charge in [-0.25, -0.2) is 0 Å². The van der Waals surface area contributed by atoms with E-state index in [1.54, 1.807) is 23.1 Å². The highest BCUT2D eigenvalue weighted by molar-refractivity contribution is 6.36. The van der Waals surface area contributed by atoms with E-state index in [1.165, 1.54) is 6.92 Å². The first-order valence-electron chi connectivity index (χ1n) is 7.27. The molecule has 1 aromatic carbocycles. The Kier molecular flexibility index (Phi) is 5.51. The molecule has 1 aromatic rings. The molecule has 7 heteroatoms. The molecule has 2 rings (SSSR count). The molecule has 23 heavy (non-hydrogen) atoms. The van der Waals surface area contributed by atoms with E-state index in [0.717, 1.165) is 0 Å². The van der Waals surface area contributed by atoms with Gasteiger partial charge in [0.25, 0.3) is 0 Å². The van der Waals surface area contributed by atoms with Crippen molar-refractivity contribution in [2.24, 2.45) is 0 Å². The SMILES string of the molecule is CC(=O)N1CCC(C#N)(NC(=O)Cc2c(Cl)cccc2Cl)CC1. The van der Waals surface area contributed by atoms with Gasteiger partial charge in [0.2, 0.25) is 11.8 Å². The van der Waals surface area contributed by atoms with E-state index in [-0.39, 0.29) is 18.2 Å². The van der Waals surface area contributed by atoms with Crippen LogP contribution in [-0.2, 0) is 16.0 Å². The molecule has 0 aliphatic carbocycles. The Morgan fingerprint density at radius 2 is 1.87 bits per heavy atom. The molecular formula is C16H17Cl2N3O2. The van der Waals surface area contributed by atoms with Gasteiger partial charge in [-0.15, -0.1) is 0 Å². The maximum absolute atomic E-state index is 12.3. The molecule has 0 radical (unpaired) electrons. The summed E-state index contributed by atoms with van der Waals surface area (Å²) in [5.41, 5.74) is -0.404. The van der Waals surface area contributed by atoms with Gasteiger partial charge >= 0.3 is 0 Å². The molecule has 0 bridgehead atoms. The maximum atomic E-state index is 12.3. The topological polar surface area (TPSA) is 73.2 Å². The molecule has 0 atom stereocenters. The molecular weight excluding hydrogens is 337 g/mol. The van der Waals surface area contributed by atoms with E-state index >= 15 is 0 Å². The van der Waals surface area contributed by atoms with E-state index in [0.29, 0.717) is 41.5 Å². The van der Waals surface area contributed by atoms with Crippen LogP contribution in [0.1, 0.15) is 25.3 Å². The van der Waals surface area contributed by atoms with Gasteiger partial charge in [-0.3, -0.25) is 9.59 Å². The van der Waals surface area contributed by atoms with Crippen LogP contribution >= 0.6 is 23.2 Å². The molecule has 1 fully saturated rings. The summed E-state index contributed by atoms with van der Waals surface area (Å²) in [5.74, 6) is -0.330. The monoisotopic (exact) mass is 353 g/mol. The lowest BCUT2D eigenvalue weighted by molar-refractivity contribution is -0.130. The van der Waals surface area contributed by atoms with Crippen LogP contribution in [0.25, 0.3) is 0 Å². The van der Waals surface area contributed by atoms with Crippen molar-refractivity contribution in [2.45, 2.75) is 31.7 Å². The number of amides is 2. The summed E-state index contributed by atoms with van der Waals surface area (Å²) >= 11 is 12.1. The number of benzene rings is 1. The van der Waals surface area contributed by atoms with E-state index in [4.69, 9.17) is 23.2 Å². The molecule has 0 unspecified atom stereocenters. The summed E-state index contributed by atoms with van der Waals surface area (Å²) in [6.07, 6.45) is 0.828. The van der Waals surface area contributed by atoms with Crippen LogP contribution in [0, 0.1) is 11.3 Å². The van der Waals surface area contributed by atoms with Crippen molar-refractivity contribution in [1.29, 1.82) is 5.26 Å². The fourth-order valence-electron chi connectivity index (χ4n) is 2.64. The van der Waals surface area contributed by atoms with Crippen LogP contribution in [0.15, 0.2) is 18.2 Å². The first-order chi connectivity index (χ1) is 10.9. The third-order valence-corrected chi connectivity index (χ3v) is 4.76. The highest BCUT2D eigenvalue weighted by Crippen LogP contribution is 2.26. The minimum atomic E-state index is -0.948. The Bertz CT molecular complexity index is 642. The number of nitriles is 1. The number of rotatable bonds is 3. The summed E-state index contributed by atoms with van der Waals surface area (Å²) < 4.78 is 0. The number of likely N-dealkylation sites (tertiary alicyclic amines) is 1. The molecule has 1 heterocycles. The molecule has 0 spiro atoms. The second-order valence-electron chi connectivity index (χ2n) is 5.63. The highest BCUT2D eigenvalue weighted by atomic mass is 35.5. The average molecular weight is 354 g/mol. The number of nitrogens with zero attached hydrogens (tertiary/aromatic N) is 2. The van der Waals surface area contributed by atoms with Gasteiger partial charge < -0.3 is 10.2 Å². The Morgan fingerprint density at radius 3 is 2.35 bits per heavy atom. The maximum Gasteiger partial charge on any atom is 0.225 e. The van der Waals surface area contributed by atoms with Crippen LogP contribution in [0.2, 0.25) is 10.0 Å². The van der Waals surface area contributed by atoms with Gasteiger partial charge in [0.1, 0.15) is 5.54 Å². The summed E-state index contributed by atoms with van der Waals surface area (Å²) in [6.45, 7) is 2.41. The van der Waals surface area contributed by atoms with Crippen molar-refractivity contribution in [2.75, 3.05) is 13.1 Å². The molecule has 0 aromatic heterocycles. The fourth-order valence-corrected chi connectivity index (χ4v) is 3.17. The minimum Gasteiger partial charge on any atom is -0.343 e. The number of nitrogens with one attached hydrogen (secondary N) is 1. The van der Waals surface area contributed by atoms with Gasteiger partial charge in [0.05, 0.1) is 12.5 Å². The largest absolute Gasteiger partial charge is 0.343 e. The van der Waals surface area contributed by atoms with E-state index in [9.17, 15) is 14.9 Å². The van der Waals surface area contributed by atoms with Crippen LogP contribution in [-0.4, -0.2) is 35.3 Å². The quantitative estimate of drug-likeness (QED) is 0.907. The molecule has 1 aliphatic rings. The molecule has 1 N–H and O–H groups in total. The van der Waals surface area contributed by atoms with Crippen LogP contribution in [0.3, 0.4) is 0 Å². The van der Waals surface area contributed by atoms with Crippen LogP contribution in [0.4, 0.5) is 0 Å². The standard InChI is InChI=1S/C16H17Cl2N3O2/c1-11(22)21-7-5-16(10-19,6-8-21)20-15(23)9-12-13(17)3-2-4-14(12)18/h2-4H,5-9H2,1H3,(H,20,23). The Hall–Kier alpha value is -1.77. The second-order valence-corrected chi connectivity index (χ2v) is 6.44. The molecule has 2 amide bonds. The van der Waals surface area contributed by atoms with E-state index < -0.39 is 5.54 Å². The van der Waals surface area contributed by atoms with Crippen molar-refractivity contribution >= 4 is 35.0 Å². The van der Waals surface area contributed by atoms with Crippen molar-refractivity contribution in [3.05, 3.63) is 33.8 Å². The van der Waals surface area contributed by atoms with Crippen molar-refractivity contribution < 1.29 is 9.59 Å². The van der Waals surface area contributed by atoms with Crippen LogP contribution < -0.4 is 5.32 Å². The van der Waals surface area contributed by atoms with E-state index in [1.807, 2.05) is 0 Å². The number of carbonyl (C=O) groups is 2. The highest BCUT2D eigenvalue weighted by Gasteiger charge is 2.36. The number of hydrogen-bond acceptors (Lipinski definition) is 3. The second kappa shape index (κ2) is 7.20. The first kappa shape index (κ1) is 17.6. The minimum absolute atomic E-state index is 0.0123. The molecule has 1 aliphatic heterocycles. The Morgan fingerprint density at radius 1 is 1.30 bits per heavy atom. The number of carbonyl (C=O) groups excluding carboxylic acids is 2. The fraction of sp³-hybridized carbons (Fsp3) is 0.438. The van der Waals surface area contributed by atoms with Crippen molar-refractivity contribution in [1.82, 2.24) is 10.2 Å². The molecule has 0 saturated carbocycles. The zero-order chi connectivity index (χ0) is 17.0. The van der Waals surface area contributed by atoms with E-state index in [2.05, 4.69) is 11.4 Å². The zero-order valence-electron chi connectivity index (χ0n) is 12.7. The zero-order valence-corrected chi connectivity index (χ0v) is 14.2. The predicted octanol–water partition coefficient (Wildman–Crippen LogP) is 2.56. The van der Waals surface area contributed by atoms with Crippen molar-refractivity contribution in [3.63, 3.8) is 0 Å². The van der Waals surface area contributed by atoms with Gasteiger partial charge in [-0.05, 0) is 17.7 Å². The number of hydrogen-bond donors (Lipinski definition) is 1. The molecule has 5 nitrogen and oxygen atoms in total.